The van der Waals surface area contributed by atoms with Crippen molar-refractivity contribution in [3.8, 4) is 17.6 Å². The number of ether oxygens (including phenoxy) is 1. The first-order valence-corrected chi connectivity index (χ1v) is 10.2. The summed E-state index contributed by atoms with van der Waals surface area (Å²) in [5.74, 6) is -0.163. The zero-order valence-electron chi connectivity index (χ0n) is 15.3. The molecule has 2 atom stereocenters. The third-order valence-corrected chi connectivity index (χ3v) is 6.24. The normalized spacial score (nSPS) is 19.5. The van der Waals surface area contributed by atoms with Gasteiger partial charge in [-0.05, 0) is 53.6 Å². The molecular formula is C19H19IN4O4. The fourth-order valence-electron chi connectivity index (χ4n) is 4.00. The van der Waals surface area contributed by atoms with Crippen LogP contribution < -0.4 is 5.69 Å². The van der Waals surface area contributed by atoms with E-state index in [1.807, 2.05) is 29.5 Å². The molecule has 0 aliphatic carbocycles. The zero-order chi connectivity index (χ0) is 20.0. The molecular weight excluding hydrogens is 475 g/mol. The molecule has 0 unspecified atom stereocenters. The van der Waals surface area contributed by atoms with Gasteiger partial charge >= 0.3 is 11.8 Å². The molecule has 8 nitrogen and oxygen atoms in total. The molecule has 1 N–H and O–H groups in total. The summed E-state index contributed by atoms with van der Waals surface area (Å²) in [5, 5.41) is 19.9. The van der Waals surface area contributed by atoms with Crippen molar-refractivity contribution >= 4 is 28.7 Å². The van der Waals surface area contributed by atoms with Crippen molar-refractivity contribution in [3.05, 3.63) is 43.5 Å². The molecule has 3 heterocycles. The van der Waals surface area contributed by atoms with Crippen LogP contribution in [0.3, 0.4) is 0 Å². The average molecular weight is 494 g/mol. The molecule has 2 aromatic rings. The molecule has 0 spiro atoms. The number of fused-ring (bicyclic) bond motifs is 5. The van der Waals surface area contributed by atoms with Gasteiger partial charge in [0.25, 0.3) is 0 Å². The molecule has 9 heteroatoms. The number of nitriles is 1. The van der Waals surface area contributed by atoms with Crippen molar-refractivity contribution < 1.29 is 14.6 Å². The van der Waals surface area contributed by atoms with Crippen LogP contribution in [0.1, 0.15) is 49.5 Å². The van der Waals surface area contributed by atoms with Crippen LogP contribution in [-0.2, 0) is 4.74 Å². The number of benzene rings is 1. The quantitative estimate of drug-likeness (QED) is 0.521. The van der Waals surface area contributed by atoms with E-state index in [-0.39, 0.29) is 23.7 Å². The lowest BCUT2D eigenvalue weighted by Crippen LogP contribution is -2.38. The van der Waals surface area contributed by atoms with Crippen LogP contribution >= 0.6 is 22.6 Å². The zero-order valence-corrected chi connectivity index (χ0v) is 17.4. The number of aromatic nitrogens is 2. The van der Waals surface area contributed by atoms with Crippen LogP contribution in [0.4, 0.5) is 4.79 Å². The summed E-state index contributed by atoms with van der Waals surface area (Å²) in [4.78, 5) is 27.0. The van der Waals surface area contributed by atoms with Crippen molar-refractivity contribution in [3.63, 3.8) is 0 Å². The number of unbranched alkanes of at least 4 members (excludes halogenated alkanes) is 1. The number of rotatable bonds is 4. The fourth-order valence-corrected chi connectivity index (χ4v) is 4.62. The maximum Gasteiger partial charge on any atom is 0.410 e. The van der Waals surface area contributed by atoms with Crippen molar-refractivity contribution in [2.75, 3.05) is 13.2 Å². The van der Waals surface area contributed by atoms with E-state index in [0.29, 0.717) is 40.1 Å². The Labute approximate surface area is 175 Å². The highest BCUT2D eigenvalue weighted by atomic mass is 127. The third kappa shape index (κ3) is 2.78. The number of imidazole rings is 1. The molecule has 1 fully saturated rings. The Morgan fingerprint density at radius 3 is 2.93 bits per heavy atom. The van der Waals surface area contributed by atoms with E-state index < -0.39 is 6.09 Å². The lowest BCUT2D eigenvalue weighted by atomic mass is 10.2. The van der Waals surface area contributed by atoms with Gasteiger partial charge in [0.15, 0.2) is 0 Å². The van der Waals surface area contributed by atoms with Crippen LogP contribution in [0.5, 0.6) is 5.88 Å². The number of hydrogen-bond acceptors (Lipinski definition) is 5. The molecule has 4 rings (SSSR count). The van der Waals surface area contributed by atoms with E-state index in [9.17, 15) is 14.7 Å². The second-order valence-corrected chi connectivity index (χ2v) is 8.16. The number of halogens is 1. The summed E-state index contributed by atoms with van der Waals surface area (Å²) in [7, 11) is 0. The Hall–Kier alpha value is -2.48. The minimum atomic E-state index is -0.403. The standard InChI is InChI=1S/C19H19IN4O4/c1-2-3-6-28-19(27)22-10-13-8-15(22)16-17(25)24(18(26)23(13)16)12-5-4-11(9-21)14(20)7-12/h4-5,7,13,15,25H,2-3,6,8,10H2,1H3/t13-,15-/m0/s1. The second kappa shape index (κ2) is 7.16. The maximum atomic E-state index is 13.0. The monoisotopic (exact) mass is 494 g/mol. The number of aromatic hydroxyl groups is 1. The molecule has 1 aromatic heterocycles. The highest BCUT2D eigenvalue weighted by Crippen LogP contribution is 2.48. The van der Waals surface area contributed by atoms with Gasteiger partial charge in [-0.2, -0.15) is 5.26 Å². The van der Waals surface area contributed by atoms with E-state index in [1.54, 1.807) is 27.7 Å². The predicted molar refractivity (Wildman–Crippen MR) is 108 cm³/mol. The number of carbonyl (C=O) groups is 1. The molecule has 1 aromatic carbocycles. The number of hydrogen-bond donors (Lipinski definition) is 1. The van der Waals surface area contributed by atoms with E-state index >= 15 is 0 Å². The topological polar surface area (TPSA) is 100 Å². The molecule has 146 valence electrons. The predicted octanol–water partition coefficient (Wildman–Crippen LogP) is 3.06. The van der Waals surface area contributed by atoms with Crippen LogP contribution in [-0.4, -0.2) is 38.4 Å². The first-order chi connectivity index (χ1) is 13.5. The van der Waals surface area contributed by atoms with Crippen molar-refractivity contribution in [2.45, 2.75) is 38.3 Å². The number of likely N-dealkylation sites (tertiary alicyclic amines) is 1. The SMILES string of the molecule is CCCCOC(=O)N1C[C@@H]2C[C@H]1c1c(O)n(-c3ccc(C#N)c(I)c3)c(=O)n12. The van der Waals surface area contributed by atoms with Crippen molar-refractivity contribution in [1.82, 2.24) is 14.0 Å². The fraction of sp³-hybridized carbons (Fsp3) is 0.421. The Kier molecular flexibility index (Phi) is 4.82. The highest BCUT2D eigenvalue weighted by molar-refractivity contribution is 14.1. The van der Waals surface area contributed by atoms with Crippen LogP contribution in [0.25, 0.3) is 5.69 Å². The Morgan fingerprint density at radius 1 is 1.46 bits per heavy atom. The molecule has 0 saturated carbocycles. The van der Waals surface area contributed by atoms with E-state index in [4.69, 9.17) is 10.00 Å². The minimum Gasteiger partial charge on any atom is -0.493 e. The van der Waals surface area contributed by atoms with Gasteiger partial charge in [0, 0.05) is 10.1 Å². The van der Waals surface area contributed by atoms with Crippen LogP contribution in [0, 0.1) is 14.9 Å². The summed E-state index contributed by atoms with van der Waals surface area (Å²) in [6.45, 7) is 2.79. The number of amides is 1. The van der Waals surface area contributed by atoms with Gasteiger partial charge in [-0.3, -0.25) is 9.47 Å². The molecule has 2 aliphatic heterocycles. The van der Waals surface area contributed by atoms with Gasteiger partial charge in [0.05, 0.1) is 29.9 Å². The molecule has 2 aliphatic rings. The lowest BCUT2D eigenvalue weighted by molar-refractivity contribution is 0.0916. The Balaban J connectivity index is 1.69. The smallest absolute Gasteiger partial charge is 0.410 e. The lowest BCUT2D eigenvalue weighted by Gasteiger charge is -2.26. The van der Waals surface area contributed by atoms with Crippen LogP contribution in [0.2, 0.25) is 0 Å². The van der Waals surface area contributed by atoms with Gasteiger partial charge in [-0.1, -0.05) is 13.3 Å². The summed E-state index contributed by atoms with van der Waals surface area (Å²) >= 11 is 2.03. The number of carbonyl (C=O) groups excluding carboxylic acids is 1. The third-order valence-electron chi connectivity index (χ3n) is 5.35. The number of nitrogens with zero attached hydrogens (tertiary/aromatic N) is 4. The van der Waals surface area contributed by atoms with Crippen LogP contribution in [0.15, 0.2) is 23.0 Å². The van der Waals surface area contributed by atoms with E-state index in [0.717, 1.165) is 12.8 Å². The van der Waals surface area contributed by atoms with E-state index in [2.05, 4.69) is 6.07 Å². The van der Waals surface area contributed by atoms with Gasteiger partial charge in [-0.25, -0.2) is 14.2 Å². The first kappa shape index (κ1) is 18.9. The molecule has 1 saturated heterocycles. The van der Waals surface area contributed by atoms with Gasteiger partial charge in [0.1, 0.15) is 11.8 Å². The summed E-state index contributed by atoms with van der Waals surface area (Å²) in [6.07, 6.45) is 1.94. The highest BCUT2D eigenvalue weighted by Gasteiger charge is 2.49. The van der Waals surface area contributed by atoms with Gasteiger partial charge in [0.2, 0.25) is 5.88 Å². The largest absolute Gasteiger partial charge is 0.493 e. The first-order valence-electron chi connectivity index (χ1n) is 9.17. The summed E-state index contributed by atoms with van der Waals surface area (Å²) < 4.78 is 8.83. The average Bonchev–Trinajstić information content (AvgIpc) is 3.33. The summed E-state index contributed by atoms with van der Waals surface area (Å²) in [6, 6.07) is 6.49. The molecule has 1 amide bonds. The van der Waals surface area contributed by atoms with E-state index in [1.165, 1.54) is 4.57 Å². The maximum absolute atomic E-state index is 13.0. The Bertz CT molecular complexity index is 1050. The van der Waals surface area contributed by atoms with Crippen molar-refractivity contribution in [2.24, 2.45) is 0 Å². The molecule has 28 heavy (non-hydrogen) atoms. The van der Waals surface area contributed by atoms with Crippen molar-refractivity contribution in [1.29, 1.82) is 5.26 Å². The molecule has 2 bridgehead atoms. The second-order valence-electron chi connectivity index (χ2n) is 7.00. The van der Waals surface area contributed by atoms with Gasteiger partial charge < -0.3 is 9.84 Å². The Morgan fingerprint density at radius 2 is 2.25 bits per heavy atom. The summed E-state index contributed by atoms with van der Waals surface area (Å²) in [5.41, 5.74) is 1.11. The van der Waals surface area contributed by atoms with Gasteiger partial charge in [-0.15, -0.1) is 0 Å². The minimum absolute atomic E-state index is 0.163. The molecule has 0 radical (unpaired) electrons.